The first kappa shape index (κ1) is 10.4. The molecule has 1 aromatic rings. The van der Waals surface area contributed by atoms with Crippen LogP contribution in [-0.4, -0.2) is 5.78 Å². The molecule has 80 valence electrons. The number of nitrogens with two attached hydrogens (primary N) is 1. The maximum Gasteiger partial charge on any atom is 0.157 e. The molecule has 1 fully saturated rings. The molecule has 0 heterocycles. The van der Waals surface area contributed by atoms with Crippen molar-refractivity contribution in [2.45, 2.75) is 38.1 Å². The minimum Gasteiger partial charge on any atom is -0.315 e. The SMILES string of the molecule is Cc1cccc([C@]2(N)CCCCC2=O)c1. The molecule has 2 N–H and O–H groups in total. The Labute approximate surface area is 90.5 Å². The number of hydrogen-bond donors (Lipinski definition) is 1. The summed E-state index contributed by atoms with van der Waals surface area (Å²) in [6, 6.07) is 8.00. The second kappa shape index (κ2) is 3.78. The van der Waals surface area contributed by atoms with Gasteiger partial charge in [0, 0.05) is 6.42 Å². The fourth-order valence-corrected chi connectivity index (χ4v) is 2.28. The Balaban J connectivity index is 2.39. The van der Waals surface area contributed by atoms with E-state index in [4.69, 9.17) is 5.73 Å². The summed E-state index contributed by atoms with van der Waals surface area (Å²) < 4.78 is 0. The Kier molecular flexibility index (Phi) is 2.61. The molecule has 1 aliphatic carbocycles. The average Bonchev–Trinajstić information content (AvgIpc) is 2.23. The van der Waals surface area contributed by atoms with E-state index in [2.05, 4.69) is 0 Å². The van der Waals surface area contributed by atoms with E-state index < -0.39 is 5.54 Å². The van der Waals surface area contributed by atoms with Crippen LogP contribution >= 0.6 is 0 Å². The van der Waals surface area contributed by atoms with E-state index in [9.17, 15) is 4.79 Å². The topological polar surface area (TPSA) is 43.1 Å². The number of hydrogen-bond acceptors (Lipinski definition) is 2. The van der Waals surface area contributed by atoms with Crippen LogP contribution in [0.15, 0.2) is 24.3 Å². The molecule has 2 nitrogen and oxygen atoms in total. The number of ketones is 1. The molecule has 0 spiro atoms. The molecule has 2 rings (SSSR count). The molecule has 2 heteroatoms. The zero-order chi connectivity index (χ0) is 10.9. The van der Waals surface area contributed by atoms with Crippen LogP contribution in [0.4, 0.5) is 0 Å². The summed E-state index contributed by atoms with van der Waals surface area (Å²) in [5.41, 5.74) is 7.67. The zero-order valence-corrected chi connectivity index (χ0v) is 9.12. The molecule has 0 aliphatic heterocycles. The molecule has 0 aromatic heterocycles. The van der Waals surface area contributed by atoms with Crippen molar-refractivity contribution < 1.29 is 4.79 Å². The quantitative estimate of drug-likeness (QED) is 0.761. The smallest absolute Gasteiger partial charge is 0.157 e. The lowest BCUT2D eigenvalue weighted by atomic mass is 9.76. The van der Waals surface area contributed by atoms with Crippen molar-refractivity contribution in [1.29, 1.82) is 0 Å². The van der Waals surface area contributed by atoms with E-state index in [1.54, 1.807) is 0 Å². The fraction of sp³-hybridized carbons (Fsp3) is 0.462. The maximum atomic E-state index is 11.9. The molecule has 1 atom stereocenters. The van der Waals surface area contributed by atoms with Crippen molar-refractivity contribution in [2.75, 3.05) is 0 Å². The molecular weight excluding hydrogens is 186 g/mol. The second-order valence-electron chi connectivity index (χ2n) is 4.47. The van der Waals surface area contributed by atoms with Crippen molar-refractivity contribution in [2.24, 2.45) is 5.73 Å². The number of carbonyl (C=O) groups is 1. The number of aryl methyl sites for hydroxylation is 1. The Morgan fingerprint density at radius 1 is 1.33 bits per heavy atom. The lowest BCUT2D eigenvalue weighted by molar-refractivity contribution is -0.126. The van der Waals surface area contributed by atoms with Crippen LogP contribution in [0.2, 0.25) is 0 Å². The molecular formula is C13H17NO. The summed E-state index contributed by atoms with van der Waals surface area (Å²) in [7, 11) is 0. The molecule has 0 amide bonds. The standard InChI is InChI=1S/C13H17NO/c1-10-5-4-6-11(9-10)13(14)8-3-2-7-12(13)15/h4-6,9H,2-3,7-8,14H2,1H3/t13-/m1/s1. The molecule has 1 aliphatic rings. The van der Waals surface area contributed by atoms with Gasteiger partial charge in [0.05, 0.1) is 0 Å². The third-order valence-electron chi connectivity index (χ3n) is 3.26. The molecule has 0 unspecified atom stereocenters. The highest BCUT2D eigenvalue weighted by atomic mass is 16.1. The summed E-state index contributed by atoms with van der Waals surface area (Å²) in [6.07, 6.45) is 3.46. The van der Waals surface area contributed by atoms with E-state index >= 15 is 0 Å². The Hall–Kier alpha value is -1.15. The van der Waals surface area contributed by atoms with Gasteiger partial charge in [-0.2, -0.15) is 0 Å². The van der Waals surface area contributed by atoms with Gasteiger partial charge in [-0.25, -0.2) is 0 Å². The van der Waals surface area contributed by atoms with E-state index in [1.165, 1.54) is 0 Å². The molecule has 1 aromatic carbocycles. The zero-order valence-electron chi connectivity index (χ0n) is 9.12. The van der Waals surface area contributed by atoms with Gasteiger partial charge in [0.2, 0.25) is 0 Å². The average molecular weight is 203 g/mol. The Morgan fingerprint density at radius 2 is 2.13 bits per heavy atom. The molecule has 1 saturated carbocycles. The first-order chi connectivity index (χ1) is 7.13. The van der Waals surface area contributed by atoms with Gasteiger partial charge >= 0.3 is 0 Å². The maximum absolute atomic E-state index is 11.9. The van der Waals surface area contributed by atoms with Gasteiger partial charge in [0.1, 0.15) is 5.54 Å². The van der Waals surface area contributed by atoms with E-state index in [-0.39, 0.29) is 5.78 Å². The van der Waals surface area contributed by atoms with Gasteiger partial charge in [-0.1, -0.05) is 36.2 Å². The third kappa shape index (κ3) is 1.82. The first-order valence-electron chi connectivity index (χ1n) is 5.52. The Morgan fingerprint density at radius 3 is 2.80 bits per heavy atom. The molecule has 0 radical (unpaired) electrons. The van der Waals surface area contributed by atoms with Gasteiger partial charge in [0.25, 0.3) is 0 Å². The summed E-state index contributed by atoms with van der Waals surface area (Å²) in [5.74, 6) is 0.194. The van der Waals surface area contributed by atoms with Gasteiger partial charge in [-0.15, -0.1) is 0 Å². The van der Waals surface area contributed by atoms with E-state index in [0.29, 0.717) is 6.42 Å². The molecule has 15 heavy (non-hydrogen) atoms. The lowest BCUT2D eigenvalue weighted by Gasteiger charge is -2.32. The number of benzene rings is 1. The third-order valence-corrected chi connectivity index (χ3v) is 3.26. The van der Waals surface area contributed by atoms with Crippen molar-refractivity contribution >= 4 is 5.78 Å². The van der Waals surface area contributed by atoms with Crippen LogP contribution in [0.5, 0.6) is 0 Å². The van der Waals surface area contributed by atoms with Gasteiger partial charge in [-0.3, -0.25) is 4.79 Å². The van der Waals surface area contributed by atoms with Crippen LogP contribution in [0, 0.1) is 6.92 Å². The summed E-state index contributed by atoms with van der Waals surface area (Å²) >= 11 is 0. The highest BCUT2D eigenvalue weighted by molar-refractivity contribution is 5.90. The predicted octanol–water partition coefficient (Wildman–Crippen LogP) is 2.29. The predicted molar refractivity (Wildman–Crippen MR) is 60.5 cm³/mol. The largest absolute Gasteiger partial charge is 0.315 e. The Bertz CT molecular complexity index is 386. The van der Waals surface area contributed by atoms with Crippen molar-refractivity contribution in [3.05, 3.63) is 35.4 Å². The van der Waals surface area contributed by atoms with Crippen molar-refractivity contribution in [3.8, 4) is 0 Å². The van der Waals surface area contributed by atoms with Crippen molar-refractivity contribution in [1.82, 2.24) is 0 Å². The van der Waals surface area contributed by atoms with Crippen LogP contribution in [0.1, 0.15) is 36.8 Å². The number of Topliss-reactive ketones (excluding diaryl/α,β-unsaturated/α-hetero) is 1. The summed E-state index contributed by atoms with van der Waals surface area (Å²) in [5, 5.41) is 0. The van der Waals surface area contributed by atoms with Crippen LogP contribution < -0.4 is 5.73 Å². The van der Waals surface area contributed by atoms with Gasteiger partial charge in [-0.05, 0) is 25.3 Å². The molecule has 0 bridgehead atoms. The summed E-state index contributed by atoms with van der Waals surface area (Å²) in [4.78, 5) is 11.9. The lowest BCUT2D eigenvalue weighted by Crippen LogP contribution is -2.46. The van der Waals surface area contributed by atoms with Crippen LogP contribution in [0.25, 0.3) is 0 Å². The summed E-state index contributed by atoms with van der Waals surface area (Å²) in [6.45, 7) is 2.03. The minimum atomic E-state index is -0.718. The van der Waals surface area contributed by atoms with E-state index in [0.717, 1.165) is 30.4 Å². The normalized spacial score (nSPS) is 26.7. The minimum absolute atomic E-state index is 0.194. The second-order valence-corrected chi connectivity index (χ2v) is 4.47. The van der Waals surface area contributed by atoms with E-state index in [1.807, 2.05) is 31.2 Å². The fourth-order valence-electron chi connectivity index (χ4n) is 2.28. The highest BCUT2D eigenvalue weighted by Gasteiger charge is 2.37. The van der Waals surface area contributed by atoms with Crippen LogP contribution in [0.3, 0.4) is 0 Å². The number of carbonyl (C=O) groups excluding carboxylic acids is 1. The van der Waals surface area contributed by atoms with Gasteiger partial charge in [0.15, 0.2) is 5.78 Å². The van der Waals surface area contributed by atoms with Gasteiger partial charge < -0.3 is 5.73 Å². The highest BCUT2D eigenvalue weighted by Crippen LogP contribution is 2.32. The van der Waals surface area contributed by atoms with Crippen LogP contribution in [-0.2, 0) is 10.3 Å². The first-order valence-corrected chi connectivity index (χ1v) is 5.52. The monoisotopic (exact) mass is 203 g/mol. The van der Waals surface area contributed by atoms with Crippen molar-refractivity contribution in [3.63, 3.8) is 0 Å². The molecule has 0 saturated heterocycles. The number of rotatable bonds is 1.